The third-order valence-corrected chi connectivity index (χ3v) is 4.65. The number of benzene rings is 1. The van der Waals surface area contributed by atoms with Crippen molar-refractivity contribution in [3.8, 4) is 0 Å². The fourth-order valence-electron chi connectivity index (χ4n) is 1.75. The molecule has 0 aliphatic heterocycles. The molecular formula is C12H15BrN2O3S. The average Bonchev–Trinajstić information content (AvgIpc) is 3.12. The summed E-state index contributed by atoms with van der Waals surface area (Å²) in [7, 11) is -3.80. The summed E-state index contributed by atoms with van der Waals surface area (Å²) < 4.78 is 23.1. The first kappa shape index (κ1) is 14.5. The third-order valence-electron chi connectivity index (χ3n) is 3.05. The Hall–Kier alpha value is -0.920. The second kappa shape index (κ2) is 5.60. The van der Waals surface area contributed by atoms with E-state index in [4.69, 9.17) is 5.14 Å². The summed E-state index contributed by atoms with van der Waals surface area (Å²) in [5.41, 5.74) is 0.280. The van der Waals surface area contributed by atoms with Crippen molar-refractivity contribution in [2.45, 2.75) is 24.2 Å². The first-order chi connectivity index (χ1) is 8.88. The summed E-state index contributed by atoms with van der Waals surface area (Å²) in [6.45, 7) is 0.607. The quantitative estimate of drug-likeness (QED) is 0.848. The molecule has 3 N–H and O–H groups in total. The number of carbonyl (C=O) groups is 1. The molecule has 1 aromatic rings. The highest BCUT2D eigenvalue weighted by Gasteiger charge is 2.21. The van der Waals surface area contributed by atoms with E-state index < -0.39 is 10.0 Å². The van der Waals surface area contributed by atoms with Gasteiger partial charge in [0, 0.05) is 11.0 Å². The largest absolute Gasteiger partial charge is 0.352 e. The van der Waals surface area contributed by atoms with Crippen molar-refractivity contribution < 1.29 is 13.2 Å². The molecule has 5 nitrogen and oxygen atoms in total. The summed E-state index contributed by atoms with van der Waals surface area (Å²) in [6, 6.07) is 4.15. The van der Waals surface area contributed by atoms with Gasteiger partial charge in [-0.15, -0.1) is 0 Å². The minimum atomic E-state index is -3.80. The van der Waals surface area contributed by atoms with Crippen molar-refractivity contribution in [1.82, 2.24) is 5.32 Å². The molecule has 1 aliphatic carbocycles. The maximum atomic E-state index is 12.0. The normalized spacial score (nSPS) is 15.3. The van der Waals surface area contributed by atoms with Gasteiger partial charge in [0.25, 0.3) is 5.91 Å². The Morgan fingerprint density at radius 2 is 2.11 bits per heavy atom. The molecule has 1 aliphatic rings. The number of halogens is 1. The summed E-state index contributed by atoms with van der Waals surface area (Å²) in [6.07, 6.45) is 3.44. The molecule has 0 radical (unpaired) electrons. The smallest absolute Gasteiger partial charge is 0.252 e. The van der Waals surface area contributed by atoms with Crippen molar-refractivity contribution in [3.05, 3.63) is 28.2 Å². The predicted octanol–water partition coefficient (Wildman–Crippen LogP) is 1.63. The van der Waals surface area contributed by atoms with E-state index in [9.17, 15) is 13.2 Å². The summed E-state index contributed by atoms with van der Waals surface area (Å²) in [5, 5.41) is 7.83. The zero-order valence-electron chi connectivity index (χ0n) is 10.2. The van der Waals surface area contributed by atoms with Crippen LogP contribution < -0.4 is 10.5 Å². The van der Waals surface area contributed by atoms with E-state index in [-0.39, 0.29) is 16.4 Å². The van der Waals surface area contributed by atoms with Crippen LogP contribution in [0.3, 0.4) is 0 Å². The number of sulfonamides is 1. The Morgan fingerprint density at radius 3 is 2.68 bits per heavy atom. The number of hydrogen-bond acceptors (Lipinski definition) is 3. The van der Waals surface area contributed by atoms with E-state index in [1.165, 1.54) is 31.0 Å². The Morgan fingerprint density at radius 1 is 1.42 bits per heavy atom. The van der Waals surface area contributed by atoms with E-state index in [2.05, 4.69) is 21.2 Å². The lowest BCUT2D eigenvalue weighted by Gasteiger charge is -2.08. The van der Waals surface area contributed by atoms with E-state index in [1.807, 2.05) is 0 Å². The zero-order valence-corrected chi connectivity index (χ0v) is 12.6. The molecule has 1 aromatic carbocycles. The average molecular weight is 347 g/mol. The number of hydrogen-bond donors (Lipinski definition) is 2. The van der Waals surface area contributed by atoms with Gasteiger partial charge in [-0.25, -0.2) is 13.6 Å². The Labute approximate surface area is 120 Å². The molecule has 0 heterocycles. The van der Waals surface area contributed by atoms with Gasteiger partial charge in [0.1, 0.15) is 0 Å². The van der Waals surface area contributed by atoms with Crippen LogP contribution in [0.25, 0.3) is 0 Å². The zero-order chi connectivity index (χ0) is 14.0. The standard InChI is InChI=1S/C12H15BrN2O3S/c13-11-4-3-9(19(14,17)18)7-10(11)12(16)15-6-5-8-1-2-8/h3-4,7-8H,1-2,5-6H2,(H,15,16)(H2,14,17,18). The topological polar surface area (TPSA) is 89.3 Å². The minimum absolute atomic E-state index is 0.0666. The predicted molar refractivity (Wildman–Crippen MR) is 75.2 cm³/mol. The second-order valence-corrected chi connectivity index (χ2v) is 7.09. The highest BCUT2D eigenvalue weighted by molar-refractivity contribution is 9.10. The molecule has 1 fully saturated rings. The fourth-order valence-corrected chi connectivity index (χ4v) is 2.71. The number of nitrogens with two attached hydrogens (primary N) is 1. The van der Waals surface area contributed by atoms with Crippen LogP contribution in [-0.2, 0) is 10.0 Å². The number of amides is 1. The Balaban J connectivity index is 2.10. The molecule has 0 bridgehead atoms. The van der Waals surface area contributed by atoms with Crippen molar-refractivity contribution in [3.63, 3.8) is 0 Å². The van der Waals surface area contributed by atoms with Crippen molar-refractivity contribution in [2.24, 2.45) is 11.1 Å². The van der Waals surface area contributed by atoms with Gasteiger partial charge in [0.15, 0.2) is 0 Å². The first-order valence-electron chi connectivity index (χ1n) is 5.98. The maximum absolute atomic E-state index is 12.0. The van der Waals surface area contributed by atoms with Gasteiger partial charge in [0.2, 0.25) is 10.0 Å². The molecule has 19 heavy (non-hydrogen) atoms. The number of primary sulfonamides is 1. The van der Waals surface area contributed by atoms with Gasteiger partial charge < -0.3 is 5.32 Å². The van der Waals surface area contributed by atoms with Crippen LogP contribution in [0, 0.1) is 5.92 Å². The summed E-state index contributed by atoms with van der Waals surface area (Å²) >= 11 is 3.23. The number of nitrogens with one attached hydrogen (secondary N) is 1. The molecule has 0 unspecified atom stereocenters. The van der Waals surface area contributed by atoms with Gasteiger partial charge >= 0.3 is 0 Å². The fraction of sp³-hybridized carbons (Fsp3) is 0.417. The molecule has 2 rings (SSSR count). The molecule has 0 saturated heterocycles. The lowest BCUT2D eigenvalue weighted by Crippen LogP contribution is -2.25. The molecular weight excluding hydrogens is 332 g/mol. The van der Waals surface area contributed by atoms with Crippen molar-refractivity contribution in [1.29, 1.82) is 0 Å². The highest BCUT2D eigenvalue weighted by Crippen LogP contribution is 2.31. The Bertz CT molecular complexity index is 597. The second-order valence-electron chi connectivity index (χ2n) is 4.67. The van der Waals surface area contributed by atoms with Crippen LogP contribution in [0.4, 0.5) is 0 Å². The molecule has 1 amide bonds. The van der Waals surface area contributed by atoms with Crippen molar-refractivity contribution >= 4 is 31.9 Å². The van der Waals surface area contributed by atoms with Gasteiger partial charge in [-0.2, -0.15) is 0 Å². The summed E-state index contributed by atoms with van der Waals surface area (Å²) in [4.78, 5) is 11.9. The van der Waals surface area contributed by atoms with Crippen LogP contribution >= 0.6 is 15.9 Å². The Kier molecular flexibility index (Phi) is 4.27. The lowest BCUT2D eigenvalue weighted by molar-refractivity contribution is 0.0951. The van der Waals surface area contributed by atoms with Crippen LogP contribution in [-0.4, -0.2) is 20.9 Å². The van der Waals surface area contributed by atoms with E-state index in [0.29, 0.717) is 11.0 Å². The maximum Gasteiger partial charge on any atom is 0.252 e. The van der Waals surface area contributed by atoms with E-state index >= 15 is 0 Å². The van der Waals surface area contributed by atoms with E-state index in [0.717, 1.165) is 12.3 Å². The van der Waals surface area contributed by atoms with Gasteiger partial charge in [-0.05, 0) is 46.5 Å². The molecule has 7 heteroatoms. The summed E-state index contributed by atoms with van der Waals surface area (Å²) in [5.74, 6) is 0.442. The number of carbonyl (C=O) groups excluding carboxylic acids is 1. The van der Waals surface area contributed by atoms with Gasteiger partial charge in [-0.3, -0.25) is 4.79 Å². The highest BCUT2D eigenvalue weighted by atomic mass is 79.9. The van der Waals surface area contributed by atoms with Crippen LogP contribution in [0.1, 0.15) is 29.6 Å². The molecule has 0 aromatic heterocycles. The monoisotopic (exact) mass is 346 g/mol. The van der Waals surface area contributed by atoms with Crippen LogP contribution in [0.15, 0.2) is 27.6 Å². The van der Waals surface area contributed by atoms with Crippen LogP contribution in [0.2, 0.25) is 0 Å². The lowest BCUT2D eigenvalue weighted by atomic mass is 10.2. The number of rotatable bonds is 5. The minimum Gasteiger partial charge on any atom is -0.352 e. The van der Waals surface area contributed by atoms with Gasteiger partial charge in [0.05, 0.1) is 10.5 Å². The molecule has 0 atom stereocenters. The molecule has 0 spiro atoms. The van der Waals surface area contributed by atoms with E-state index in [1.54, 1.807) is 0 Å². The molecule has 104 valence electrons. The van der Waals surface area contributed by atoms with Crippen LogP contribution in [0.5, 0.6) is 0 Å². The third kappa shape index (κ3) is 4.02. The van der Waals surface area contributed by atoms with Crippen molar-refractivity contribution in [2.75, 3.05) is 6.54 Å². The SMILES string of the molecule is NS(=O)(=O)c1ccc(Br)c(C(=O)NCCC2CC2)c1. The van der Waals surface area contributed by atoms with Gasteiger partial charge in [-0.1, -0.05) is 12.8 Å². The first-order valence-corrected chi connectivity index (χ1v) is 8.32. The molecule has 1 saturated carbocycles.